The lowest BCUT2D eigenvalue weighted by Crippen LogP contribution is -2.32. The van der Waals surface area contributed by atoms with Gasteiger partial charge in [-0.05, 0) is 12.1 Å². The second-order valence-electron chi connectivity index (χ2n) is 3.48. The van der Waals surface area contributed by atoms with Gasteiger partial charge in [-0.2, -0.15) is 13.2 Å². The van der Waals surface area contributed by atoms with E-state index in [1.807, 2.05) is 0 Å². The lowest BCUT2D eigenvalue weighted by molar-refractivity contribution is -0.385. The third kappa shape index (κ3) is 5.19. The van der Waals surface area contributed by atoms with Crippen molar-refractivity contribution in [2.75, 3.05) is 6.54 Å². The average molecular weight is 274 g/mol. The summed E-state index contributed by atoms with van der Waals surface area (Å²) in [6.45, 7) is -1.45. The van der Waals surface area contributed by atoms with E-state index in [1.54, 1.807) is 5.32 Å². The van der Waals surface area contributed by atoms with E-state index < -0.39 is 23.6 Å². The number of nitrogens with one attached hydrogen (secondary N) is 1. The quantitative estimate of drug-likeness (QED) is 0.520. The molecule has 0 fully saturated rings. The molecule has 0 saturated carbocycles. The van der Waals surface area contributed by atoms with Crippen LogP contribution in [-0.2, 0) is 4.79 Å². The van der Waals surface area contributed by atoms with Crippen LogP contribution < -0.4 is 5.32 Å². The molecule has 0 heterocycles. The second kappa shape index (κ2) is 5.98. The Morgan fingerprint density at radius 1 is 1.37 bits per heavy atom. The number of alkyl halides is 3. The number of benzene rings is 1. The minimum absolute atomic E-state index is 0.134. The van der Waals surface area contributed by atoms with Crippen molar-refractivity contribution in [3.05, 3.63) is 46.0 Å². The first-order chi connectivity index (χ1) is 8.79. The SMILES string of the molecule is O=C(/C=C/c1ccccc1[N+](=O)[O-])NCC(F)(F)F. The van der Waals surface area contributed by atoms with Gasteiger partial charge in [-0.15, -0.1) is 0 Å². The van der Waals surface area contributed by atoms with Crippen LogP contribution in [0.4, 0.5) is 18.9 Å². The zero-order valence-corrected chi connectivity index (χ0v) is 9.48. The van der Waals surface area contributed by atoms with Gasteiger partial charge in [0.25, 0.3) is 5.69 Å². The molecule has 0 radical (unpaired) electrons. The molecule has 0 aliphatic rings. The molecule has 0 aliphatic carbocycles. The van der Waals surface area contributed by atoms with Crippen LogP contribution in [0.5, 0.6) is 0 Å². The Morgan fingerprint density at radius 2 is 2.00 bits per heavy atom. The molecule has 1 N–H and O–H groups in total. The van der Waals surface area contributed by atoms with Gasteiger partial charge in [-0.3, -0.25) is 14.9 Å². The summed E-state index contributed by atoms with van der Waals surface area (Å²) in [5.74, 6) is -0.976. The molecule has 8 heteroatoms. The molecule has 1 aromatic rings. The summed E-state index contributed by atoms with van der Waals surface area (Å²) in [6.07, 6.45) is -2.60. The van der Waals surface area contributed by atoms with Crippen LogP contribution in [0.25, 0.3) is 6.08 Å². The molecule has 5 nitrogen and oxygen atoms in total. The first-order valence-corrected chi connectivity index (χ1v) is 5.05. The molecule has 0 aliphatic heterocycles. The van der Waals surface area contributed by atoms with Gasteiger partial charge in [0.05, 0.1) is 10.5 Å². The van der Waals surface area contributed by atoms with Gasteiger partial charge in [0.2, 0.25) is 5.91 Å². The zero-order valence-electron chi connectivity index (χ0n) is 9.48. The standard InChI is InChI=1S/C11H9F3N2O3/c12-11(13,14)7-15-10(17)6-5-8-3-1-2-4-9(8)16(18)19/h1-6H,7H2,(H,15,17)/b6-5+. The number of carbonyl (C=O) groups is 1. The number of hydrogen-bond acceptors (Lipinski definition) is 3. The highest BCUT2D eigenvalue weighted by Gasteiger charge is 2.27. The summed E-state index contributed by atoms with van der Waals surface area (Å²) in [4.78, 5) is 21.1. The van der Waals surface area contributed by atoms with E-state index in [1.165, 1.54) is 24.3 Å². The Kier molecular flexibility index (Phi) is 4.62. The fourth-order valence-electron chi connectivity index (χ4n) is 1.21. The van der Waals surface area contributed by atoms with Crippen LogP contribution in [0.15, 0.2) is 30.3 Å². The van der Waals surface area contributed by atoms with E-state index in [9.17, 15) is 28.1 Å². The van der Waals surface area contributed by atoms with Crippen LogP contribution in [0.1, 0.15) is 5.56 Å². The number of para-hydroxylation sites is 1. The van der Waals surface area contributed by atoms with Gasteiger partial charge in [0.1, 0.15) is 6.54 Å². The molecule has 1 aromatic carbocycles. The zero-order chi connectivity index (χ0) is 14.5. The fourth-order valence-corrected chi connectivity index (χ4v) is 1.21. The molecular formula is C11H9F3N2O3. The van der Waals surface area contributed by atoms with E-state index >= 15 is 0 Å². The molecule has 1 amide bonds. The van der Waals surface area contributed by atoms with E-state index in [0.29, 0.717) is 0 Å². The first kappa shape index (κ1) is 14.7. The maximum Gasteiger partial charge on any atom is 0.405 e. The lowest BCUT2D eigenvalue weighted by atomic mass is 10.1. The summed E-state index contributed by atoms with van der Waals surface area (Å²) in [7, 11) is 0. The van der Waals surface area contributed by atoms with Crippen molar-refractivity contribution in [2.45, 2.75) is 6.18 Å². The summed E-state index contributed by atoms with van der Waals surface area (Å²) in [5, 5.41) is 12.3. The molecule has 1 rings (SSSR count). The molecule has 0 bridgehead atoms. The monoisotopic (exact) mass is 274 g/mol. The van der Waals surface area contributed by atoms with Gasteiger partial charge in [0.15, 0.2) is 0 Å². The Morgan fingerprint density at radius 3 is 2.58 bits per heavy atom. The Balaban J connectivity index is 2.72. The van der Waals surface area contributed by atoms with Crippen molar-refractivity contribution in [3.63, 3.8) is 0 Å². The molecule has 19 heavy (non-hydrogen) atoms. The molecule has 0 saturated heterocycles. The highest BCUT2D eigenvalue weighted by molar-refractivity contribution is 5.92. The predicted octanol–water partition coefficient (Wildman–Crippen LogP) is 2.29. The van der Waals surface area contributed by atoms with Gasteiger partial charge in [-0.1, -0.05) is 12.1 Å². The molecular weight excluding hydrogens is 265 g/mol. The summed E-state index contributed by atoms with van der Waals surface area (Å²) in [5.41, 5.74) is -0.1000. The predicted molar refractivity (Wildman–Crippen MR) is 61.2 cm³/mol. The summed E-state index contributed by atoms with van der Waals surface area (Å²) >= 11 is 0. The topological polar surface area (TPSA) is 72.2 Å². The van der Waals surface area contributed by atoms with Crippen LogP contribution in [-0.4, -0.2) is 23.6 Å². The molecule has 0 aromatic heterocycles. The van der Waals surface area contributed by atoms with Gasteiger partial charge < -0.3 is 5.32 Å². The summed E-state index contributed by atoms with van der Waals surface area (Å²) < 4.78 is 35.5. The van der Waals surface area contributed by atoms with Crippen LogP contribution >= 0.6 is 0 Å². The van der Waals surface area contributed by atoms with Gasteiger partial charge in [-0.25, -0.2) is 0 Å². The van der Waals surface area contributed by atoms with Crippen LogP contribution in [0.3, 0.4) is 0 Å². The van der Waals surface area contributed by atoms with Crippen molar-refractivity contribution in [1.82, 2.24) is 5.32 Å². The maximum atomic E-state index is 11.8. The minimum atomic E-state index is -4.50. The second-order valence-corrected chi connectivity index (χ2v) is 3.48. The highest BCUT2D eigenvalue weighted by atomic mass is 19.4. The van der Waals surface area contributed by atoms with Crippen LogP contribution in [0, 0.1) is 10.1 Å². The number of hydrogen-bond donors (Lipinski definition) is 1. The number of nitro benzene ring substituents is 1. The Bertz CT molecular complexity index is 512. The van der Waals surface area contributed by atoms with E-state index in [2.05, 4.69) is 0 Å². The van der Waals surface area contributed by atoms with E-state index in [0.717, 1.165) is 12.2 Å². The third-order valence-corrected chi connectivity index (χ3v) is 2.01. The number of rotatable bonds is 4. The molecule has 0 spiro atoms. The van der Waals surface area contributed by atoms with E-state index in [-0.39, 0.29) is 11.3 Å². The fraction of sp³-hybridized carbons (Fsp3) is 0.182. The van der Waals surface area contributed by atoms with Crippen molar-refractivity contribution in [1.29, 1.82) is 0 Å². The van der Waals surface area contributed by atoms with Crippen molar-refractivity contribution < 1.29 is 22.9 Å². The molecule has 0 unspecified atom stereocenters. The van der Waals surface area contributed by atoms with E-state index in [4.69, 9.17) is 0 Å². The Hall–Kier alpha value is -2.38. The minimum Gasteiger partial charge on any atom is -0.343 e. The molecule has 102 valence electrons. The largest absolute Gasteiger partial charge is 0.405 e. The number of nitrogens with zero attached hydrogens (tertiary/aromatic N) is 1. The van der Waals surface area contributed by atoms with Crippen molar-refractivity contribution >= 4 is 17.7 Å². The van der Waals surface area contributed by atoms with Crippen molar-refractivity contribution in [3.8, 4) is 0 Å². The molecule has 0 atom stereocenters. The average Bonchev–Trinajstić information content (AvgIpc) is 2.33. The Labute approximate surface area is 105 Å². The lowest BCUT2D eigenvalue weighted by Gasteiger charge is -2.05. The first-order valence-electron chi connectivity index (χ1n) is 5.05. The highest BCUT2D eigenvalue weighted by Crippen LogP contribution is 2.18. The number of carbonyl (C=O) groups excluding carboxylic acids is 1. The third-order valence-electron chi connectivity index (χ3n) is 2.01. The van der Waals surface area contributed by atoms with Crippen molar-refractivity contribution in [2.24, 2.45) is 0 Å². The maximum absolute atomic E-state index is 11.8. The number of nitro groups is 1. The normalized spacial score (nSPS) is 11.5. The number of amides is 1. The van der Waals surface area contributed by atoms with Gasteiger partial charge >= 0.3 is 6.18 Å². The number of halogens is 3. The summed E-state index contributed by atoms with van der Waals surface area (Å²) in [6, 6.07) is 5.57. The van der Waals surface area contributed by atoms with Gasteiger partial charge in [0, 0.05) is 12.1 Å². The smallest absolute Gasteiger partial charge is 0.343 e. The van der Waals surface area contributed by atoms with Crippen LogP contribution in [0.2, 0.25) is 0 Å².